The van der Waals surface area contributed by atoms with Gasteiger partial charge in [-0.05, 0) is 19.1 Å². The molecule has 2 aromatic heterocycles. The van der Waals surface area contributed by atoms with Crippen LogP contribution in [0.25, 0.3) is 0 Å². The fourth-order valence-corrected chi connectivity index (χ4v) is 1.37. The molecule has 2 rings (SSSR count). The van der Waals surface area contributed by atoms with E-state index in [-0.39, 0.29) is 0 Å². The van der Waals surface area contributed by atoms with Gasteiger partial charge < -0.3 is 14.1 Å². The molecule has 0 aliphatic carbocycles. The van der Waals surface area contributed by atoms with E-state index >= 15 is 0 Å². The quantitative estimate of drug-likeness (QED) is 0.782. The predicted molar refractivity (Wildman–Crippen MR) is 50.7 cm³/mol. The topological polar surface area (TPSA) is 51.2 Å². The molecule has 4 heteroatoms. The number of aliphatic hydroxyl groups is 1. The summed E-state index contributed by atoms with van der Waals surface area (Å²) in [5.41, 5.74) is 0.734. The lowest BCUT2D eigenvalue weighted by Gasteiger charge is -2.08. The normalized spacial score (nSPS) is 13.1. The van der Waals surface area contributed by atoms with Crippen LogP contribution in [0.1, 0.15) is 23.4 Å². The molecule has 0 aliphatic rings. The molecule has 0 bridgehead atoms. The Morgan fingerprint density at radius 3 is 2.86 bits per heavy atom. The van der Waals surface area contributed by atoms with Crippen LogP contribution in [-0.4, -0.2) is 14.7 Å². The Morgan fingerprint density at radius 1 is 1.57 bits per heavy atom. The highest BCUT2D eigenvalue weighted by Gasteiger charge is 2.17. The molecule has 0 amide bonds. The number of imidazole rings is 1. The first-order valence-electron chi connectivity index (χ1n) is 4.40. The first-order chi connectivity index (χ1) is 6.70. The van der Waals surface area contributed by atoms with E-state index in [9.17, 15) is 5.11 Å². The molecule has 0 aromatic carbocycles. The fraction of sp³-hybridized carbons (Fsp3) is 0.300. The van der Waals surface area contributed by atoms with Crippen molar-refractivity contribution in [1.82, 2.24) is 9.55 Å². The maximum Gasteiger partial charge on any atom is 0.153 e. The van der Waals surface area contributed by atoms with E-state index in [0.717, 1.165) is 11.5 Å². The highest BCUT2D eigenvalue weighted by Crippen LogP contribution is 2.21. The molecule has 2 heterocycles. The zero-order valence-corrected chi connectivity index (χ0v) is 8.14. The van der Waals surface area contributed by atoms with Crippen molar-refractivity contribution in [2.75, 3.05) is 0 Å². The van der Waals surface area contributed by atoms with E-state index in [4.69, 9.17) is 4.42 Å². The van der Waals surface area contributed by atoms with Crippen LogP contribution in [0.3, 0.4) is 0 Å². The molecule has 0 fully saturated rings. The first-order valence-corrected chi connectivity index (χ1v) is 4.40. The van der Waals surface area contributed by atoms with Crippen molar-refractivity contribution >= 4 is 0 Å². The number of rotatable bonds is 2. The molecule has 0 saturated carbocycles. The second-order valence-corrected chi connectivity index (χ2v) is 3.21. The van der Waals surface area contributed by atoms with Crippen molar-refractivity contribution in [3.05, 3.63) is 41.9 Å². The molecule has 1 atom stereocenters. The monoisotopic (exact) mass is 192 g/mol. The Labute approximate surface area is 81.8 Å². The van der Waals surface area contributed by atoms with E-state index in [1.165, 1.54) is 0 Å². The molecule has 0 radical (unpaired) electrons. The van der Waals surface area contributed by atoms with Crippen molar-refractivity contribution in [3.63, 3.8) is 0 Å². The maximum absolute atomic E-state index is 9.92. The summed E-state index contributed by atoms with van der Waals surface area (Å²) in [6.45, 7) is 1.89. The molecule has 4 nitrogen and oxygen atoms in total. The van der Waals surface area contributed by atoms with Gasteiger partial charge in [0.05, 0.1) is 18.2 Å². The summed E-state index contributed by atoms with van der Waals surface area (Å²) in [6.07, 6.45) is 2.46. The average Bonchev–Trinajstić information content (AvgIpc) is 2.77. The number of nitrogens with zero attached hydrogens (tertiary/aromatic N) is 2. The Bertz CT molecular complexity index is 417. The van der Waals surface area contributed by atoms with Crippen molar-refractivity contribution in [2.24, 2.45) is 7.05 Å². The molecular weight excluding hydrogens is 180 g/mol. The van der Waals surface area contributed by atoms with Gasteiger partial charge in [-0.3, -0.25) is 0 Å². The molecule has 2 aromatic rings. The van der Waals surface area contributed by atoms with E-state index in [2.05, 4.69) is 4.98 Å². The zero-order chi connectivity index (χ0) is 10.1. The Kier molecular flexibility index (Phi) is 2.13. The van der Waals surface area contributed by atoms with Gasteiger partial charge in [0, 0.05) is 7.05 Å². The number of hydrogen-bond donors (Lipinski definition) is 1. The molecule has 74 valence electrons. The highest BCUT2D eigenvalue weighted by atomic mass is 16.4. The summed E-state index contributed by atoms with van der Waals surface area (Å²) in [4.78, 5) is 4.11. The summed E-state index contributed by atoms with van der Waals surface area (Å²) in [6, 6.07) is 3.49. The van der Waals surface area contributed by atoms with Gasteiger partial charge >= 0.3 is 0 Å². The minimum absolute atomic E-state index is 0.535. The molecule has 0 saturated heterocycles. The third kappa shape index (κ3) is 1.33. The van der Waals surface area contributed by atoms with Gasteiger partial charge in [0.2, 0.25) is 0 Å². The summed E-state index contributed by atoms with van der Waals surface area (Å²) in [7, 11) is 1.86. The number of aliphatic hydroxyl groups excluding tert-OH is 1. The van der Waals surface area contributed by atoms with Gasteiger partial charge in [-0.1, -0.05) is 0 Å². The third-order valence-corrected chi connectivity index (χ3v) is 2.35. The first kappa shape index (κ1) is 9.02. The van der Waals surface area contributed by atoms with E-state index in [0.29, 0.717) is 5.76 Å². The van der Waals surface area contributed by atoms with E-state index < -0.39 is 6.10 Å². The van der Waals surface area contributed by atoms with Crippen LogP contribution in [0.4, 0.5) is 0 Å². The second-order valence-electron chi connectivity index (χ2n) is 3.21. The van der Waals surface area contributed by atoms with Crippen molar-refractivity contribution in [1.29, 1.82) is 0 Å². The summed E-state index contributed by atoms with van der Waals surface area (Å²) in [5, 5.41) is 9.92. The van der Waals surface area contributed by atoms with Gasteiger partial charge in [0.1, 0.15) is 11.6 Å². The Morgan fingerprint density at radius 2 is 2.36 bits per heavy atom. The number of aromatic nitrogens is 2. The molecule has 0 spiro atoms. The van der Waals surface area contributed by atoms with Crippen LogP contribution >= 0.6 is 0 Å². The molecule has 1 N–H and O–H groups in total. The Hall–Kier alpha value is -1.55. The smallest absolute Gasteiger partial charge is 0.153 e. The summed E-state index contributed by atoms with van der Waals surface area (Å²) >= 11 is 0. The number of hydrogen-bond acceptors (Lipinski definition) is 3. The van der Waals surface area contributed by atoms with Gasteiger partial charge in [-0.25, -0.2) is 4.98 Å². The van der Waals surface area contributed by atoms with Crippen molar-refractivity contribution < 1.29 is 9.52 Å². The van der Waals surface area contributed by atoms with Crippen molar-refractivity contribution in [2.45, 2.75) is 13.0 Å². The third-order valence-electron chi connectivity index (χ3n) is 2.35. The maximum atomic E-state index is 9.92. The van der Waals surface area contributed by atoms with Crippen LogP contribution in [-0.2, 0) is 7.05 Å². The van der Waals surface area contributed by atoms with Gasteiger partial charge in [-0.2, -0.15) is 0 Å². The minimum Gasteiger partial charge on any atom is -0.466 e. The van der Waals surface area contributed by atoms with Crippen LogP contribution in [0.15, 0.2) is 29.0 Å². The van der Waals surface area contributed by atoms with E-state index in [1.54, 1.807) is 24.6 Å². The SMILES string of the molecule is Cc1ncc(C(O)c2ccco2)n1C. The van der Waals surface area contributed by atoms with Crippen LogP contribution < -0.4 is 0 Å². The van der Waals surface area contributed by atoms with Crippen molar-refractivity contribution in [3.8, 4) is 0 Å². The van der Waals surface area contributed by atoms with Gasteiger partial charge in [-0.15, -0.1) is 0 Å². The lowest BCUT2D eigenvalue weighted by Crippen LogP contribution is -2.05. The van der Waals surface area contributed by atoms with E-state index in [1.807, 2.05) is 18.5 Å². The number of aryl methyl sites for hydroxylation is 1. The lowest BCUT2D eigenvalue weighted by molar-refractivity contribution is 0.181. The zero-order valence-electron chi connectivity index (χ0n) is 8.14. The van der Waals surface area contributed by atoms with Crippen LogP contribution in [0.2, 0.25) is 0 Å². The van der Waals surface area contributed by atoms with Gasteiger partial charge in [0.15, 0.2) is 6.10 Å². The average molecular weight is 192 g/mol. The summed E-state index contributed by atoms with van der Waals surface area (Å²) < 4.78 is 6.96. The largest absolute Gasteiger partial charge is 0.466 e. The van der Waals surface area contributed by atoms with Crippen LogP contribution in [0.5, 0.6) is 0 Å². The molecular formula is C10H12N2O2. The lowest BCUT2D eigenvalue weighted by atomic mass is 10.2. The second kappa shape index (κ2) is 3.31. The number of furan rings is 1. The fourth-order valence-electron chi connectivity index (χ4n) is 1.37. The summed E-state index contributed by atoms with van der Waals surface area (Å²) in [5.74, 6) is 1.40. The highest BCUT2D eigenvalue weighted by molar-refractivity contribution is 5.17. The standard InChI is InChI=1S/C10H12N2O2/c1-7-11-6-8(12(7)2)10(13)9-4-3-5-14-9/h3-6,10,13H,1-2H3. The molecule has 0 aliphatic heterocycles. The minimum atomic E-state index is -0.740. The predicted octanol–water partition coefficient (Wildman–Crippen LogP) is 1.40. The van der Waals surface area contributed by atoms with Crippen LogP contribution in [0, 0.1) is 6.92 Å². The molecule has 14 heavy (non-hydrogen) atoms. The molecule has 1 unspecified atom stereocenters. The Balaban J connectivity index is 2.36. The van der Waals surface area contributed by atoms with Gasteiger partial charge in [0.25, 0.3) is 0 Å².